The first-order valence-corrected chi connectivity index (χ1v) is 6.94. The Balaban J connectivity index is 1.91. The molecule has 22 heavy (non-hydrogen) atoms. The van der Waals surface area contributed by atoms with Gasteiger partial charge >= 0.3 is 0 Å². The van der Waals surface area contributed by atoms with Gasteiger partial charge in [-0.2, -0.15) is 5.10 Å². The lowest BCUT2D eigenvalue weighted by Crippen LogP contribution is -2.38. The summed E-state index contributed by atoms with van der Waals surface area (Å²) in [6.45, 7) is 0. The molecule has 0 saturated carbocycles. The van der Waals surface area contributed by atoms with Crippen LogP contribution >= 0.6 is 0 Å². The topological polar surface area (TPSA) is 50.2 Å². The number of carbonyl (C=O) groups excluding carboxylic acids is 1. The second-order valence-electron chi connectivity index (χ2n) is 4.85. The molecular formula is C17H16N4O. The SMILES string of the molecule is Cn1cc(C(=O)NN(c2ccccc2)c2ccccc2)cn1. The standard InChI is InChI=1S/C17H16N4O/c1-20-13-14(12-18-20)17(22)19-21(15-8-4-2-5-9-15)16-10-6-3-7-11-16/h2-13H,1H3,(H,19,22). The molecule has 0 spiro atoms. The molecule has 0 bridgehead atoms. The molecule has 5 nitrogen and oxygen atoms in total. The first-order valence-electron chi connectivity index (χ1n) is 6.94. The second-order valence-corrected chi connectivity index (χ2v) is 4.85. The lowest BCUT2D eigenvalue weighted by Gasteiger charge is -2.25. The Morgan fingerprint density at radius 2 is 1.55 bits per heavy atom. The van der Waals surface area contributed by atoms with Gasteiger partial charge in [-0.1, -0.05) is 36.4 Å². The van der Waals surface area contributed by atoms with Crippen molar-refractivity contribution >= 4 is 17.3 Å². The Labute approximate surface area is 128 Å². The number of para-hydroxylation sites is 2. The maximum atomic E-state index is 12.4. The van der Waals surface area contributed by atoms with E-state index in [1.807, 2.05) is 60.7 Å². The molecule has 0 unspecified atom stereocenters. The van der Waals surface area contributed by atoms with Gasteiger partial charge in [0.25, 0.3) is 5.91 Å². The van der Waals surface area contributed by atoms with E-state index >= 15 is 0 Å². The number of hydrogen-bond donors (Lipinski definition) is 1. The largest absolute Gasteiger partial charge is 0.275 e. The Morgan fingerprint density at radius 3 is 2.00 bits per heavy atom. The van der Waals surface area contributed by atoms with Gasteiger partial charge in [-0.3, -0.25) is 19.9 Å². The average molecular weight is 292 g/mol. The van der Waals surface area contributed by atoms with Gasteiger partial charge in [0.2, 0.25) is 0 Å². The van der Waals surface area contributed by atoms with E-state index in [-0.39, 0.29) is 5.91 Å². The van der Waals surface area contributed by atoms with E-state index in [0.29, 0.717) is 5.56 Å². The summed E-state index contributed by atoms with van der Waals surface area (Å²) in [6.07, 6.45) is 3.23. The van der Waals surface area contributed by atoms with Crippen LogP contribution in [0.15, 0.2) is 73.1 Å². The minimum atomic E-state index is -0.208. The fourth-order valence-corrected chi connectivity index (χ4v) is 2.14. The summed E-state index contributed by atoms with van der Waals surface area (Å²) in [5.74, 6) is -0.208. The Bertz CT molecular complexity index is 713. The van der Waals surface area contributed by atoms with Crippen LogP contribution in [-0.2, 0) is 7.05 Å². The van der Waals surface area contributed by atoms with Crippen LogP contribution < -0.4 is 10.4 Å². The van der Waals surface area contributed by atoms with Crippen molar-refractivity contribution in [3.8, 4) is 0 Å². The van der Waals surface area contributed by atoms with Crippen LogP contribution in [0, 0.1) is 0 Å². The fourth-order valence-electron chi connectivity index (χ4n) is 2.14. The molecule has 1 amide bonds. The highest BCUT2D eigenvalue weighted by molar-refractivity contribution is 5.95. The van der Waals surface area contributed by atoms with Crippen LogP contribution in [0.3, 0.4) is 0 Å². The highest BCUT2D eigenvalue weighted by Crippen LogP contribution is 2.22. The van der Waals surface area contributed by atoms with Crippen LogP contribution in [0.25, 0.3) is 0 Å². The Morgan fingerprint density at radius 1 is 1.00 bits per heavy atom. The molecule has 0 fully saturated rings. The summed E-state index contributed by atoms with van der Waals surface area (Å²) in [5.41, 5.74) is 5.19. The number of aryl methyl sites for hydroxylation is 1. The van der Waals surface area contributed by atoms with Crippen LogP contribution in [0.2, 0.25) is 0 Å². The summed E-state index contributed by atoms with van der Waals surface area (Å²) in [5, 5.41) is 5.79. The van der Waals surface area contributed by atoms with Crippen molar-refractivity contribution in [1.82, 2.24) is 15.2 Å². The molecule has 1 heterocycles. The van der Waals surface area contributed by atoms with Gasteiger partial charge < -0.3 is 0 Å². The molecule has 0 aliphatic rings. The van der Waals surface area contributed by atoms with Crippen molar-refractivity contribution < 1.29 is 4.79 Å². The Kier molecular flexibility index (Phi) is 3.87. The zero-order valence-electron chi connectivity index (χ0n) is 12.2. The van der Waals surface area contributed by atoms with Crippen molar-refractivity contribution in [1.29, 1.82) is 0 Å². The normalized spacial score (nSPS) is 10.2. The third kappa shape index (κ3) is 2.98. The molecule has 0 aliphatic heterocycles. The number of hydrazine groups is 1. The van der Waals surface area contributed by atoms with E-state index in [1.165, 1.54) is 0 Å². The number of benzene rings is 2. The van der Waals surface area contributed by atoms with Crippen LogP contribution in [0.4, 0.5) is 11.4 Å². The summed E-state index contributed by atoms with van der Waals surface area (Å²) in [7, 11) is 1.78. The number of rotatable bonds is 4. The highest BCUT2D eigenvalue weighted by atomic mass is 16.2. The number of amides is 1. The smallest absolute Gasteiger partial charge is 0.273 e. The minimum Gasteiger partial charge on any atom is -0.275 e. The van der Waals surface area contributed by atoms with Gasteiger partial charge in [-0.25, -0.2) is 0 Å². The van der Waals surface area contributed by atoms with Gasteiger partial charge in [0.15, 0.2) is 0 Å². The van der Waals surface area contributed by atoms with Gasteiger partial charge in [-0.15, -0.1) is 0 Å². The maximum absolute atomic E-state index is 12.4. The molecular weight excluding hydrogens is 276 g/mol. The minimum absolute atomic E-state index is 0.208. The van der Waals surface area contributed by atoms with Crippen molar-refractivity contribution in [2.24, 2.45) is 7.05 Å². The van der Waals surface area contributed by atoms with E-state index in [0.717, 1.165) is 11.4 Å². The quantitative estimate of drug-likeness (QED) is 0.752. The van der Waals surface area contributed by atoms with E-state index in [4.69, 9.17) is 0 Å². The molecule has 3 aromatic rings. The molecule has 0 radical (unpaired) electrons. The fraction of sp³-hybridized carbons (Fsp3) is 0.0588. The average Bonchev–Trinajstić information content (AvgIpc) is 3.01. The summed E-state index contributed by atoms with van der Waals surface area (Å²) >= 11 is 0. The maximum Gasteiger partial charge on any atom is 0.273 e. The molecule has 5 heteroatoms. The van der Waals surface area contributed by atoms with Crippen molar-refractivity contribution in [2.75, 3.05) is 5.01 Å². The molecule has 0 aliphatic carbocycles. The zero-order valence-corrected chi connectivity index (χ0v) is 12.2. The van der Waals surface area contributed by atoms with Crippen LogP contribution in [-0.4, -0.2) is 15.7 Å². The number of carbonyl (C=O) groups is 1. The summed E-state index contributed by atoms with van der Waals surface area (Å²) in [4.78, 5) is 12.4. The van der Waals surface area contributed by atoms with E-state index < -0.39 is 0 Å². The number of nitrogens with zero attached hydrogens (tertiary/aromatic N) is 3. The van der Waals surface area contributed by atoms with E-state index in [9.17, 15) is 4.79 Å². The third-order valence-corrected chi connectivity index (χ3v) is 3.21. The van der Waals surface area contributed by atoms with E-state index in [1.54, 1.807) is 29.1 Å². The molecule has 110 valence electrons. The molecule has 0 atom stereocenters. The van der Waals surface area contributed by atoms with Crippen molar-refractivity contribution in [3.05, 3.63) is 78.6 Å². The van der Waals surface area contributed by atoms with Gasteiger partial charge in [0, 0.05) is 13.2 Å². The molecule has 1 aromatic heterocycles. The number of anilines is 2. The molecule has 2 aromatic carbocycles. The van der Waals surface area contributed by atoms with Gasteiger partial charge in [0.05, 0.1) is 23.1 Å². The molecule has 3 rings (SSSR count). The number of aromatic nitrogens is 2. The predicted molar refractivity (Wildman–Crippen MR) is 85.7 cm³/mol. The van der Waals surface area contributed by atoms with Crippen LogP contribution in [0.1, 0.15) is 10.4 Å². The van der Waals surface area contributed by atoms with Gasteiger partial charge in [-0.05, 0) is 24.3 Å². The first kappa shape index (κ1) is 13.9. The highest BCUT2D eigenvalue weighted by Gasteiger charge is 2.14. The predicted octanol–water partition coefficient (Wildman–Crippen LogP) is 2.90. The second kappa shape index (κ2) is 6.13. The summed E-state index contributed by atoms with van der Waals surface area (Å²) < 4.78 is 1.60. The van der Waals surface area contributed by atoms with Crippen molar-refractivity contribution in [2.45, 2.75) is 0 Å². The van der Waals surface area contributed by atoms with Crippen molar-refractivity contribution in [3.63, 3.8) is 0 Å². The van der Waals surface area contributed by atoms with E-state index in [2.05, 4.69) is 10.5 Å². The lowest BCUT2D eigenvalue weighted by molar-refractivity contribution is 0.0953. The number of hydrogen-bond acceptors (Lipinski definition) is 3. The van der Waals surface area contributed by atoms with Gasteiger partial charge in [0.1, 0.15) is 0 Å². The lowest BCUT2D eigenvalue weighted by atomic mass is 10.2. The number of nitrogens with one attached hydrogen (secondary N) is 1. The molecule has 1 N–H and O–H groups in total. The Hall–Kier alpha value is -3.08. The third-order valence-electron chi connectivity index (χ3n) is 3.21. The monoisotopic (exact) mass is 292 g/mol. The summed E-state index contributed by atoms with van der Waals surface area (Å²) in [6, 6.07) is 19.4. The first-order chi connectivity index (χ1) is 10.7. The van der Waals surface area contributed by atoms with Crippen LogP contribution in [0.5, 0.6) is 0 Å². The zero-order chi connectivity index (χ0) is 15.4. The molecule has 0 saturated heterocycles.